The average molecular weight is 384 g/mol. The number of nitrogens with one attached hydrogen (secondary N) is 3. The summed E-state index contributed by atoms with van der Waals surface area (Å²) in [7, 11) is 0. The van der Waals surface area contributed by atoms with Gasteiger partial charge in [0.1, 0.15) is 23.2 Å². The zero-order chi connectivity index (χ0) is 19.8. The highest BCUT2D eigenvalue weighted by atomic mass is 16.5. The highest BCUT2D eigenvalue weighted by Gasteiger charge is 2.15. The number of ether oxygens (including phenoxy) is 1. The molecule has 1 aliphatic rings. The SMILES string of the molecule is CCOc1ccccc1NC(=O)NCCNc1cc(N2CCCC2)nc(C)n1. The predicted octanol–water partition coefficient (Wildman–Crippen LogP) is 3.02. The molecule has 0 bridgehead atoms. The molecule has 150 valence electrons. The van der Waals surface area contributed by atoms with Crippen LogP contribution < -0.4 is 25.6 Å². The van der Waals surface area contributed by atoms with Gasteiger partial charge in [-0.1, -0.05) is 12.1 Å². The van der Waals surface area contributed by atoms with Crippen LogP contribution in [-0.4, -0.2) is 48.8 Å². The van der Waals surface area contributed by atoms with Crippen LogP contribution in [0.4, 0.5) is 22.1 Å². The molecule has 2 amide bonds. The van der Waals surface area contributed by atoms with Gasteiger partial charge in [0.05, 0.1) is 12.3 Å². The van der Waals surface area contributed by atoms with Gasteiger partial charge >= 0.3 is 6.03 Å². The van der Waals surface area contributed by atoms with Gasteiger partial charge in [-0.3, -0.25) is 0 Å². The Morgan fingerprint density at radius 1 is 1.18 bits per heavy atom. The minimum Gasteiger partial charge on any atom is -0.492 e. The fraction of sp³-hybridized carbons (Fsp3) is 0.450. The molecule has 0 radical (unpaired) electrons. The largest absolute Gasteiger partial charge is 0.492 e. The summed E-state index contributed by atoms with van der Waals surface area (Å²) < 4.78 is 5.51. The van der Waals surface area contributed by atoms with E-state index in [0.717, 1.165) is 30.5 Å². The number of carbonyl (C=O) groups is 1. The molecule has 1 aromatic heterocycles. The summed E-state index contributed by atoms with van der Waals surface area (Å²) >= 11 is 0. The molecule has 1 aromatic carbocycles. The molecule has 28 heavy (non-hydrogen) atoms. The first-order valence-electron chi connectivity index (χ1n) is 9.77. The second-order valence-corrected chi connectivity index (χ2v) is 6.59. The van der Waals surface area contributed by atoms with Crippen LogP contribution in [0, 0.1) is 6.92 Å². The number of benzene rings is 1. The molecular formula is C20H28N6O2. The molecule has 0 unspecified atom stereocenters. The predicted molar refractivity (Wildman–Crippen MR) is 111 cm³/mol. The Labute approximate surface area is 165 Å². The standard InChI is InChI=1S/C20H28N6O2/c1-3-28-17-9-5-4-8-16(17)25-20(27)22-11-10-21-18-14-19(24-15(2)23-18)26-12-6-7-13-26/h4-5,8-9,14H,3,6-7,10-13H2,1-2H3,(H,21,23,24)(H2,22,25,27). The molecule has 3 rings (SSSR count). The first kappa shape index (κ1) is 19.7. The van der Waals surface area contributed by atoms with Gasteiger partial charge in [-0.2, -0.15) is 0 Å². The number of urea groups is 1. The number of aromatic nitrogens is 2. The summed E-state index contributed by atoms with van der Waals surface area (Å²) in [5.74, 6) is 3.14. The van der Waals surface area contributed by atoms with Crippen molar-refractivity contribution in [1.82, 2.24) is 15.3 Å². The number of amides is 2. The molecule has 1 aliphatic heterocycles. The lowest BCUT2D eigenvalue weighted by Gasteiger charge is -2.18. The van der Waals surface area contributed by atoms with E-state index < -0.39 is 0 Å². The molecule has 1 saturated heterocycles. The Hall–Kier alpha value is -3.03. The van der Waals surface area contributed by atoms with E-state index in [1.807, 2.05) is 44.2 Å². The minimum atomic E-state index is -0.273. The summed E-state index contributed by atoms with van der Waals surface area (Å²) in [6, 6.07) is 9.07. The van der Waals surface area contributed by atoms with Gasteiger partial charge < -0.3 is 25.6 Å². The van der Waals surface area contributed by atoms with Gasteiger partial charge in [0.2, 0.25) is 0 Å². The van der Waals surface area contributed by atoms with Crippen molar-refractivity contribution in [3.05, 3.63) is 36.2 Å². The van der Waals surface area contributed by atoms with Crippen molar-refractivity contribution in [3.8, 4) is 5.75 Å². The first-order chi connectivity index (χ1) is 13.7. The van der Waals surface area contributed by atoms with Crippen LogP contribution in [0.25, 0.3) is 0 Å². The number of aryl methyl sites for hydroxylation is 1. The van der Waals surface area contributed by atoms with E-state index >= 15 is 0 Å². The van der Waals surface area contributed by atoms with Gasteiger partial charge in [-0.05, 0) is 38.8 Å². The average Bonchev–Trinajstić information content (AvgIpc) is 3.22. The Morgan fingerprint density at radius 2 is 1.96 bits per heavy atom. The number of hydrogen-bond acceptors (Lipinski definition) is 6. The lowest BCUT2D eigenvalue weighted by atomic mass is 10.3. The number of rotatable bonds is 8. The van der Waals surface area contributed by atoms with Crippen LogP contribution in [-0.2, 0) is 0 Å². The van der Waals surface area contributed by atoms with Crippen molar-refractivity contribution in [1.29, 1.82) is 0 Å². The highest BCUT2D eigenvalue weighted by molar-refractivity contribution is 5.90. The van der Waals surface area contributed by atoms with Crippen LogP contribution in [0.3, 0.4) is 0 Å². The maximum atomic E-state index is 12.1. The Morgan fingerprint density at radius 3 is 2.75 bits per heavy atom. The van der Waals surface area contributed by atoms with Gasteiger partial charge in [-0.25, -0.2) is 14.8 Å². The zero-order valence-electron chi connectivity index (χ0n) is 16.5. The van der Waals surface area contributed by atoms with Gasteiger partial charge in [-0.15, -0.1) is 0 Å². The molecule has 2 heterocycles. The van der Waals surface area contributed by atoms with Gasteiger partial charge in [0.15, 0.2) is 0 Å². The molecule has 1 fully saturated rings. The summed E-state index contributed by atoms with van der Waals surface area (Å²) in [4.78, 5) is 23.4. The number of para-hydroxylation sites is 2. The Kier molecular flexibility index (Phi) is 6.89. The van der Waals surface area contributed by atoms with Crippen LogP contribution in [0.1, 0.15) is 25.6 Å². The third kappa shape index (κ3) is 5.48. The van der Waals surface area contributed by atoms with E-state index in [1.165, 1.54) is 12.8 Å². The van der Waals surface area contributed by atoms with Crippen molar-refractivity contribution in [2.24, 2.45) is 0 Å². The normalized spacial score (nSPS) is 13.3. The lowest BCUT2D eigenvalue weighted by Crippen LogP contribution is -2.33. The topological polar surface area (TPSA) is 91.4 Å². The van der Waals surface area contributed by atoms with Crippen molar-refractivity contribution in [3.63, 3.8) is 0 Å². The monoisotopic (exact) mass is 384 g/mol. The zero-order valence-corrected chi connectivity index (χ0v) is 16.5. The van der Waals surface area contributed by atoms with Crippen molar-refractivity contribution >= 4 is 23.4 Å². The van der Waals surface area contributed by atoms with Gasteiger partial charge in [0.25, 0.3) is 0 Å². The molecule has 0 atom stereocenters. The quantitative estimate of drug-likeness (QED) is 0.606. The molecular weight excluding hydrogens is 356 g/mol. The van der Waals surface area contributed by atoms with Crippen LogP contribution in [0.2, 0.25) is 0 Å². The smallest absolute Gasteiger partial charge is 0.319 e. The van der Waals surface area contributed by atoms with E-state index in [9.17, 15) is 4.79 Å². The third-order valence-corrected chi connectivity index (χ3v) is 4.41. The summed E-state index contributed by atoms with van der Waals surface area (Å²) in [6.45, 7) is 7.46. The second kappa shape index (κ2) is 9.77. The molecule has 0 spiro atoms. The van der Waals surface area contributed by atoms with Gasteiger partial charge in [0, 0.05) is 32.2 Å². The fourth-order valence-corrected chi connectivity index (χ4v) is 3.14. The molecule has 0 aliphatic carbocycles. The maximum Gasteiger partial charge on any atom is 0.319 e. The lowest BCUT2D eigenvalue weighted by molar-refractivity contribution is 0.252. The third-order valence-electron chi connectivity index (χ3n) is 4.41. The Balaban J connectivity index is 1.46. The molecule has 2 aromatic rings. The number of anilines is 3. The van der Waals surface area contributed by atoms with E-state index in [2.05, 4.69) is 30.8 Å². The number of carbonyl (C=O) groups excluding carboxylic acids is 1. The van der Waals surface area contributed by atoms with Crippen molar-refractivity contribution in [2.45, 2.75) is 26.7 Å². The second-order valence-electron chi connectivity index (χ2n) is 6.59. The molecule has 3 N–H and O–H groups in total. The first-order valence-corrected chi connectivity index (χ1v) is 9.77. The van der Waals surface area contributed by atoms with Crippen LogP contribution >= 0.6 is 0 Å². The fourth-order valence-electron chi connectivity index (χ4n) is 3.14. The Bertz CT molecular complexity index is 792. The van der Waals surface area contributed by atoms with Crippen molar-refractivity contribution in [2.75, 3.05) is 48.3 Å². The summed E-state index contributed by atoms with van der Waals surface area (Å²) in [5.41, 5.74) is 0.650. The van der Waals surface area contributed by atoms with E-state index in [4.69, 9.17) is 4.74 Å². The minimum absolute atomic E-state index is 0.273. The number of nitrogens with zero attached hydrogens (tertiary/aromatic N) is 3. The summed E-state index contributed by atoms with van der Waals surface area (Å²) in [6.07, 6.45) is 2.41. The van der Waals surface area contributed by atoms with Crippen LogP contribution in [0.5, 0.6) is 5.75 Å². The molecule has 0 saturated carbocycles. The maximum absolute atomic E-state index is 12.1. The van der Waals surface area contributed by atoms with Crippen LogP contribution in [0.15, 0.2) is 30.3 Å². The summed E-state index contributed by atoms with van der Waals surface area (Å²) in [5, 5.41) is 8.90. The highest BCUT2D eigenvalue weighted by Crippen LogP contribution is 2.23. The molecule has 8 heteroatoms. The number of hydrogen-bond donors (Lipinski definition) is 3. The van der Waals surface area contributed by atoms with E-state index in [-0.39, 0.29) is 6.03 Å². The molecule has 8 nitrogen and oxygen atoms in total. The van der Waals surface area contributed by atoms with E-state index in [0.29, 0.717) is 31.1 Å². The van der Waals surface area contributed by atoms with Crippen molar-refractivity contribution < 1.29 is 9.53 Å². The van der Waals surface area contributed by atoms with E-state index in [1.54, 1.807) is 0 Å².